The first-order chi connectivity index (χ1) is 5.50. The second kappa shape index (κ2) is 2.33. The summed E-state index contributed by atoms with van der Waals surface area (Å²) in [4.78, 5) is 0. The lowest BCUT2D eigenvalue weighted by atomic mass is 9.95. The van der Waals surface area contributed by atoms with Crippen molar-refractivity contribution in [1.29, 1.82) is 0 Å². The van der Waals surface area contributed by atoms with Gasteiger partial charge in [0.05, 0.1) is 5.25 Å². The Kier molecular flexibility index (Phi) is 1.60. The Morgan fingerprint density at radius 1 is 1.33 bits per heavy atom. The van der Waals surface area contributed by atoms with Gasteiger partial charge in [-0.15, -0.1) is 0 Å². The van der Waals surface area contributed by atoms with Crippen LogP contribution in [0.5, 0.6) is 0 Å². The normalized spacial score (nSPS) is 45.5. The maximum Gasteiger partial charge on any atom is 0.212 e. The minimum Gasteiger partial charge on any atom is -0.228 e. The number of nitrogens with two attached hydrogens (primary N) is 1. The summed E-state index contributed by atoms with van der Waals surface area (Å²) in [6.07, 6.45) is 5.10. The highest BCUT2D eigenvalue weighted by Gasteiger charge is 2.47. The van der Waals surface area contributed by atoms with Gasteiger partial charge in [0.25, 0.3) is 0 Å². The minimum absolute atomic E-state index is 0.181. The van der Waals surface area contributed by atoms with E-state index in [-0.39, 0.29) is 17.1 Å². The summed E-state index contributed by atoms with van der Waals surface area (Å²) in [5.41, 5.74) is 0. The molecule has 0 aromatic carbocycles. The van der Waals surface area contributed by atoms with Crippen LogP contribution in [-0.4, -0.2) is 13.7 Å². The smallest absolute Gasteiger partial charge is 0.212 e. The van der Waals surface area contributed by atoms with Crippen LogP contribution in [0.25, 0.3) is 0 Å². The molecule has 0 aliphatic heterocycles. The average molecular weight is 187 g/mol. The highest BCUT2D eigenvalue weighted by Crippen LogP contribution is 2.45. The lowest BCUT2D eigenvalue weighted by Crippen LogP contribution is -2.36. The molecule has 0 spiro atoms. The summed E-state index contributed by atoms with van der Waals surface area (Å²) in [6.45, 7) is 1.98. The maximum atomic E-state index is 11.2. The first kappa shape index (κ1) is 8.26. The number of rotatable bonds is 1. The van der Waals surface area contributed by atoms with E-state index in [9.17, 15) is 8.42 Å². The van der Waals surface area contributed by atoms with Crippen LogP contribution in [0, 0.1) is 17.8 Å². The molecule has 1 fully saturated rings. The molecule has 68 valence electrons. The Balaban J connectivity index is 2.36. The molecule has 2 aliphatic carbocycles. The molecule has 0 unspecified atom stereocenters. The summed E-state index contributed by atoms with van der Waals surface area (Å²) in [5.74, 6) is 0.827. The zero-order valence-corrected chi connectivity index (χ0v) is 7.79. The zero-order valence-electron chi connectivity index (χ0n) is 6.97. The largest absolute Gasteiger partial charge is 0.228 e. The van der Waals surface area contributed by atoms with E-state index in [0.29, 0.717) is 5.92 Å². The van der Waals surface area contributed by atoms with Crippen molar-refractivity contribution in [2.75, 3.05) is 0 Å². The van der Waals surface area contributed by atoms with Gasteiger partial charge in [0, 0.05) is 0 Å². The third-order valence-corrected chi connectivity index (χ3v) is 4.68. The van der Waals surface area contributed by atoms with Crippen molar-refractivity contribution in [3.05, 3.63) is 12.2 Å². The van der Waals surface area contributed by atoms with E-state index >= 15 is 0 Å². The van der Waals surface area contributed by atoms with E-state index in [1.54, 1.807) is 0 Å². The number of hydrogen-bond acceptors (Lipinski definition) is 2. The van der Waals surface area contributed by atoms with Gasteiger partial charge in [-0.3, -0.25) is 0 Å². The van der Waals surface area contributed by atoms with Crippen LogP contribution < -0.4 is 5.14 Å². The van der Waals surface area contributed by atoms with E-state index < -0.39 is 10.0 Å². The lowest BCUT2D eigenvalue weighted by Gasteiger charge is -2.22. The second-order valence-electron chi connectivity index (χ2n) is 3.86. The van der Waals surface area contributed by atoms with Gasteiger partial charge in [-0.2, -0.15) is 0 Å². The molecule has 2 N–H and O–H groups in total. The Labute approximate surface area is 72.7 Å². The summed E-state index contributed by atoms with van der Waals surface area (Å²) < 4.78 is 22.4. The van der Waals surface area contributed by atoms with E-state index in [0.717, 1.165) is 6.42 Å². The fourth-order valence-corrected chi connectivity index (χ4v) is 4.06. The molecule has 0 amide bonds. The van der Waals surface area contributed by atoms with Crippen LogP contribution in [0.2, 0.25) is 0 Å². The summed E-state index contributed by atoms with van der Waals surface area (Å²) in [6, 6.07) is 0. The molecule has 4 heteroatoms. The molecule has 12 heavy (non-hydrogen) atoms. The summed E-state index contributed by atoms with van der Waals surface area (Å²) >= 11 is 0. The van der Waals surface area contributed by atoms with Gasteiger partial charge in [-0.25, -0.2) is 13.6 Å². The molecule has 2 bridgehead atoms. The molecule has 3 nitrogen and oxygen atoms in total. The first-order valence-corrected chi connectivity index (χ1v) is 5.81. The third kappa shape index (κ3) is 1.02. The molecule has 0 heterocycles. The van der Waals surface area contributed by atoms with E-state index in [1.807, 2.05) is 13.0 Å². The van der Waals surface area contributed by atoms with Crippen molar-refractivity contribution in [2.24, 2.45) is 22.9 Å². The molecular weight excluding hydrogens is 174 g/mol. The summed E-state index contributed by atoms with van der Waals surface area (Å²) in [5, 5.41) is 4.83. The molecule has 0 saturated heterocycles. The Hall–Kier alpha value is -0.350. The lowest BCUT2D eigenvalue weighted by molar-refractivity contribution is 0.476. The van der Waals surface area contributed by atoms with Crippen LogP contribution >= 0.6 is 0 Å². The fraction of sp³-hybridized carbons (Fsp3) is 0.750. The molecule has 0 aromatic rings. The van der Waals surface area contributed by atoms with E-state index in [1.165, 1.54) is 0 Å². The monoisotopic (exact) mass is 187 g/mol. The van der Waals surface area contributed by atoms with Crippen molar-refractivity contribution in [3.63, 3.8) is 0 Å². The molecule has 1 saturated carbocycles. The van der Waals surface area contributed by atoms with Gasteiger partial charge in [0.15, 0.2) is 0 Å². The zero-order chi connectivity index (χ0) is 8.93. The molecular formula is C8H13NO2S. The van der Waals surface area contributed by atoms with Gasteiger partial charge >= 0.3 is 0 Å². The van der Waals surface area contributed by atoms with Crippen molar-refractivity contribution in [3.8, 4) is 0 Å². The fourth-order valence-electron chi connectivity index (χ4n) is 2.57. The molecule has 2 rings (SSSR count). The SMILES string of the molecule is C[C@H]1[C@@H](S(N)(=O)=O)[C@H]2C=C[C@@H]1C2. The van der Waals surface area contributed by atoms with Crippen molar-refractivity contribution in [1.82, 2.24) is 0 Å². The molecule has 0 radical (unpaired) electrons. The van der Waals surface area contributed by atoms with E-state index in [4.69, 9.17) is 5.14 Å². The number of sulfonamides is 1. The van der Waals surface area contributed by atoms with Crippen LogP contribution in [0.15, 0.2) is 12.2 Å². The summed E-state index contributed by atoms with van der Waals surface area (Å²) in [7, 11) is -3.33. The molecule has 4 atom stereocenters. The van der Waals surface area contributed by atoms with Gasteiger partial charge < -0.3 is 0 Å². The molecule has 2 aliphatic rings. The topological polar surface area (TPSA) is 60.2 Å². The van der Waals surface area contributed by atoms with Gasteiger partial charge in [0.2, 0.25) is 10.0 Å². The van der Waals surface area contributed by atoms with Crippen molar-refractivity contribution in [2.45, 2.75) is 18.6 Å². The number of hydrogen-bond donors (Lipinski definition) is 1. The average Bonchev–Trinajstić information content (AvgIpc) is 2.42. The van der Waals surface area contributed by atoms with Gasteiger partial charge in [-0.05, 0) is 24.2 Å². The van der Waals surface area contributed by atoms with Crippen molar-refractivity contribution < 1.29 is 8.42 Å². The highest BCUT2D eigenvalue weighted by atomic mass is 32.2. The predicted molar refractivity (Wildman–Crippen MR) is 46.8 cm³/mol. The second-order valence-corrected chi connectivity index (χ2v) is 5.58. The number of fused-ring (bicyclic) bond motifs is 2. The van der Waals surface area contributed by atoms with Crippen LogP contribution in [0.1, 0.15) is 13.3 Å². The van der Waals surface area contributed by atoms with E-state index in [2.05, 4.69) is 6.08 Å². The predicted octanol–water partition coefficient (Wildman–Crippen LogP) is 0.486. The minimum atomic E-state index is -3.33. The highest BCUT2D eigenvalue weighted by molar-refractivity contribution is 7.89. The first-order valence-electron chi connectivity index (χ1n) is 4.20. The number of allylic oxidation sites excluding steroid dienone is 2. The van der Waals surface area contributed by atoms with Crippen LogP contribution in [0.3, 0.4) is 0 Å². The standard InChI is InChI=1S/C8H13NO2S/c1-5-6-2-3-7(4-6)8(5)12(9,10)11/h2-3,5-8H,4H2,1H3,(H2,9,10,11)/t5-,6-,7+,8-/m1/s1. The van der Waals surface area contributed by atoms with Crippen LogP contribution in [-0.2, 0) is 10.0 Å². The Morgan fingerprint density at radius 2 is 1.92 bits per heavy atom. The quantitative estimate of drug-likeness (QED) is 0.607. The van der Waals surface area contributed by atoms with Gasteiger partial charge in [-0.1, -0.05) is 19.1 Å². The molecule has 0 aromatic heterocycles. The maximum absolute atomic E-state index is 11.2. The number of primary sulfonamides is 1. The Bertz CT molecular complexity index is 320. The van der Waals surface area contributed by atoms with Crippen molar-refractivity contribution >= 4 is 10.0 Å². The van der Waals surface area contributed by atoms with Crippen LogP contribution in [0.4, 0.5) is 0 Å². The van der Waals surface area contributed by atoms with Gasteiger partial charge in [0.1, 0.15) is 0 Å². The third-order valence-electron chi connectivity index (χ3n) is 3.14. The Morgan fingerprint density at radius 3 is 2.25 bits per heavy atom.